The quantitative estimate of drug-likeness (QED) is 0.660. The maximum Gasteiger partial charge on any atom is 0.269 e. The van der Waals surface area contributed by atoms with Gasteiger partial charge in [0.2, 0.25) is 11.0 Å². The summed E-state index contributed by atoms with van der Waals surface area (Å²) >= 11 is 2.62. The van der Waals surface area contributed by atoms with E-state index in [1.54, 1.807) is 11.8 Å². The molecule has 1 saturated carbocycles. The van der Waals surface area contributed by atoms with Gasteiger partial charge >= 0.3 is 0 Å². The first-order valence-electron chi connectivity index (χ1n) is 8.95. The standard InChI is InChI=1S/C19H19N5O2S2/c1-11-15(16(26)21-18-23-22-17(28-18)14-8-9-14)27-19(20-11)24(12(2)25)10-13-6-4-3-5-7-13/h3-7,14H,8-10H2,1-2H3,(H,21,23,26). The Hall–Kier alpha value is -2.65. The number of anilines is 2. The number of nitrogens with zero attached hydrogens (tertiary/aromatic N) is 4. The summed E-state index contributed by atoms with van der Waals surface area (Å²) < 4.78 is 0. The lowest BCUT2D eigenvalue weighted by Crippen LogP contribution is -2.27. The van der Waals surface area contributed by atoms with Crippen LogP contribution in [-0.4, -0.2) is 27.0 Å². The number of hydrogen-bond donors (Lipinski definition) is 1. The van der Waals surface area contributed by atoms with Crippen molar-refractivity contribution in [2.24, 2.45) is 0 Å². The van der Waals surface area contributed by atoms with Gasteiger partial charge in [0, 0.05) is 12.8 Å². The van der Waals surface area contributed by atoms with E-state index < -0.39 is 0 Å². The number of rotatable bonds is 6. The van der Waals surface area contributed by atoms with Gasteiger partial charge in [-0.2, -0.15) is 0 Å². The third kappa shape index (κ3) is 4.10. The van der Waals surface area contributed by atoms with E-state index >= 15 is 0 Å². The van der Waals surface area contributed by atoms with Crippen LogP contribution in [0.25, 0.3) is 0 Å². The van der Waals surface area contributed by atoms with Crippen molar-refractivity contribution in [2.45, 2.75) is 39.2 Å². The van der Waals surface area contributed by atoms with Crippen LogP contribution >= 0.6 is 22.7 Å². The topological polar surface area (TPSA) is 88.1 Å². The van der Waals surface area contributed by atoms with E-state index in [0.29, 0.717) is 33.3 Å². The number of aryl methyl sites for hydroxylation is 1. The van der Waals surface area contributed by atoms with Crippen LogP contribution in [0.4, 0.5) is 10.3 Å². The molecule has 1 N–H and O–H groups in total. The van der Waals surface area contributed by atoms with Crippen LogP contribution in [0, 0.1) is 6.92 Å². The molecular formula is C19H19N5O2S2. The van der Waals surface area contributed by atoms with Crippen molar-refractivity contribution in [1.82, 2.24) is 15.2 Å². The Balaban J connectivity index is 1.52. The normalized spacial score (nSPS) is 13.4. The number of nitrogens with one attached hydrogen (secondary N) is 1. The summed E-state index contributed by atoms with van der Waals surface area (Å²) in [5.74, 6) is 0.104. The highest BCUT2D eigenvalue weighted by molar-refractivity contribution is 7.18. The molecule has 9 heteroatoms. The molecule has 0 radical (unpaired) electrons. The molecule has 0 unspecified atom stereocenters. The van der Waals surface area contributed by atoms with Gasteiger partial charge in [0.15, 0.2) is 5.13 Å². The smallest absolute Gasteiger partial charge is 0.269 e. The Morgan fingerprint density at radius 3 is 2.61 bits per heavy atom. The van der Waals surface area contributed by atoms with Crippen molar-refractivity contribution in [3.8, 4) is 0 Å². The van der Waals surface area contributed by atoms with E-state index in [1.165, 1.54) is 29.6 Å². The van der Waals surface area contributed by atoms with E-state index in [0.717, 1.165) is 23.4 Å². The molecule has 0 aliphatic heterocycles. The molecule has 28 heavy (non-hydrogen) atoms. The zero-order chi connectivity index (χ0) is 19.7. The molecule has 2 aromatic heterocycles. The number of thiazole rings is 1. The van der Waals surface area contributed by atoms with E-state index in [1.807, 2.05) is 30.3 Å². The van der Waals surface area contributed by atoms with Crippen LogP contribution in [-0.2, 0) is 11.3 Å². The van der Waals surface area contributed by atoms with Crippen molar-refractivity contribution in [3.63, 3.8) is 0 Å². The maximum atomic E-state index is 12.7. The van der Waals surface area contributed by atoms with Gasteiger partial charge in [-0.05, 0) is 25.3 Å². The Morgan fingerprint density at radius 2 is 1.93 bits per heavy atom. The van der Waals surface area contributed by atoms with Gasteiger partial charge in [-0.1, -0.05) is 53.0 Å². The zero-order valence-electron chi connectivity index (χ0n) is 15.5. The average Bonchev–Trinajstić information content (AvgIpc) is 3.30. The van der Waals surface area contributed by atoms with Crippen LogP contribution in [0.3, 0.4) is 0 Å². The molecule has 144 valence electrons. The molecule has 3 aromatic rings. The third-order valence-corrected chi connectivity index (χ3v) is 6.55. The fourth-order valence-corrected chi connectivity index (χ4v) is 4.64. The van der Waals surface area contributed by atoms with Crippen molar-refractivity contribution >= 4 is 44.8 Å². The van der Waals surface area contributed by atoms with E-state index in [2.05, 4.69) is 20.5 Å². The highest BCUT2D eigenvalue weighted by Gasteiger charge is 2.28. The van der Waals surface area contributed by atoms with E-state index in [9.17, 15) is 9.59 Å². The summed E-state index contributed by atoms with van der Waals surface area (Å²) in [6.45, 7) is 3.68. The maximum absolute atomic E-state index is 12.7. The summed E-state index contributed by atoms with van der Waals surface area (Å²) in [6.07, 6.45) is 2.28. The highest BCUT2D eigenvalue weighted by Crippen LogP contribution is 2.42. The zero-order valence-corrected chi connectivity index (χ0v) is 17.1. The summed E-state index contributed by atoms with van der Waals surface area (Å²) in [5.41, 5.74) is 1.58. The lowest BCUT2D eigenvalue weighted by atomic mass is 10.2. The molecule has 2 heterocycles. The highest BCUT2D eigenvalue weighted by atomic mass is 32.1. The van der Waals surface area contributed by atoms with Gasteiger partial charge in [-0.25, -0.2) is 4.98 Å². The van der Waals surface area contributed by atoms with Crippen LogP contribution in [0.15, 0.2) is 30.3 Å². The molecule has 1 aromatic carbocycles. The van der Waals surface area contributed by atoms with Crippen molar-refractivity contribution in [3.05, 3.63) is 51.5 Å². The molecule has 0 atom stereocenters. The first-order chi connectivity index (χ1) is 13.5. The molecule has 4 rings (SSSR count). The van der Waals surface area contributed by atoms with Crippen molar-refractivity contribution in [1.29, 1.82) is 0 Å². The minimum Gasteiger partial charge on any atom is -0.296 e. The molecule has 1 aliphatic carbocycles. The van der Waals surface area contributed by atoms with E-state index in [-0.39, 0.29) is 11.8 Å². The third-order valence-electron chi connectivity index (χ3n) is 4.37. The van der Waals surface area contributed by atoms with Crippen LogP contribution in [0.2, 0.25) is 0 Å². The largest absolute Gasteiger partial charge is 0.296 e. The lowest BCUT2D eigenvalue weighted by molar-refractivity contribution is -0.116. The minimum absolute atomic E-state index is 0.122. The summed E-state index contributed by atoms with van der Waals surface area (Å²) in [4.78, 5) is 31.4. The number of benzene rings is 1. The molecule has 0 spiro atoms. The molecule has 0 bridgehead atoms. The van der Waals surface area contributed by atoms with Crippen LogP contribution < -0.4 is 10.2 Å². The van der Waals surface area contributed by atoms with Crippen LogP contribution in [0.1, 0.15) is 51.6 Å². The van der Waals surface area contributed by atoms with Gasteiger partial charge in [-0.3, -0.25) is 19.8 Å². The summed E-state index contributed by atoms with van der Waals surface area (Å²) in [6, 6.07) is 9.70. The predicted octanol–water partition coefficient (Wildman–Crippen LogP) is 3.99. The van der Waals surface area contributed by atoms with Gasteiger partial charge in [-0.15, -0.1) is 10.2 Å². The summed E-state index contributed by atoms with van der Waals surface area (Å²) in [7, 11) is 0. The lowest BCUT2D eigenvalue weighted by Gasteiger charge is -2.17. The number of carbonyl (C=O) groups excluding carboxylic acids is 2. The second-order valence-electron chi connectivity index (χ2n) is 6.68. The molecule has 1 fully saturated rings. The van der Waals surface area contributed by atoms with E-state index in [4.69, 9.17) is 0 Å². The second-order valence-corrected chi connectivity index (χ2v) is 8.66. The molecule has 2 amide bonds. The number of carbonyl (C=O) groups is 2. The van der Waals surface area contributed by atoms with Gasteiger partial charge in [0.1, 0.15) is 9.88 Å². The second kappa shape index (κ2) is 7.76. The van der Waals surface area contributed by atoms with Gasteiger partial charge in [0.05, 0.1) is 12.2 Å². The molecule has 7 nitrogen and oxygen atoms in total. The van der Waals surface area contributed by atoms with Gasteiger partial charge in [0.25, 0.3) is 5.91 Å². The first-order valence-corrected chi connectivity index (χ1v) is 10.6. The molecule has 1 aliphatic rings. The van der Waals surface area contributed by atoms with Crippen molar-refractivity contribution < 1.29 is 9.59 Å². The minimum atomic E-state index is -0.275. The van der Waals surface area contributed by atoms with Crippen LogP contribution in [0.5, 0.6) is 0 Å². The fourth-order valence-electron chi connectivity index (χ4n) is 2.72. The average molecular weight is 414 g/mol. The molecular weight excluding hydrogens is 394 g/mol. The number of aromatic nitrogens is 3. The SMILES string of the molecule is CC(=O)N(Cc1ccccc1)c1nc(C)c(C(=O)Nc2nnc(C3CC3)s2)s1. The predicted molar refractivity (Wildman–Crippen MR) is 110 cm³/mol. The monoisotopic (exact) mass is 413 g/mol. The summed E-state index contributed by atoms with van der Waals surface area (Å²) in [5, 5.41) is 13.0. The van der Waals surface area contributed by atoms with Crippen molar-refractivity contribution in [2.75, 3.05) is 10.2 Å². The number of hydrogen-bond acceptors (Lipinski definition) is 7. The fraction of sp³-hybridized carbons (Fsp3) is 0.316. The number of amides is 2. The molecule has 0 saturated heterocycles. The Bertz CT molecular complexity index is 1010. The first kappa shape index (κ1) is 18.7. The Labute approximate surface area is 170 Å². The Morgan fingerprint density at radius 1 is 1.18 bits per heavy atom. The van der Waals surface area contributed by atoms with Gasteiger partial charge < -0.3 is 0 Å². The Kier molecular flexibility index (Phi) is 5.19.